The number of hydrogen-bond acceptors (Lipinski definition) is 4. The average Bonchev–Trinajstić information content (AvgIpc) is 3.14. The lowest BCUT2D eigenvalue weighted by molar-refractivity contribution is -0.141. The number of halogens is 6. The molecule has 0 atom stereocenters. The fraction of sp³-hybridized carbons (Fsp3) is 0.250. The quantitative estimate of drug-likeness (QED) is 0.293. The van der Waals surface area contributed by atoms with Gasteiger partial charge in [0.05, 0.1) is 35.8 Å². The average molecular weight is 495 g/mol. The molecule has 4 rings (SSSR count). The zero-order valence-corrected chi connectivity index (χ0v) is 18.5. The molecule has 184 valence electrons. The minimum absolute atomic E-state index is 0.0472. The van der Waals surface area contributed by atoms with E-state index in [4.69, 9.17) is 9.47 Å². The third-order valence-electron chi connectivity index (χ3n) is 5.45. The molecule has 0 N–H and O–H groups in total. The van der Waals surface area contributed by atoms with Gasteiger partial charge in [0, 0.05) is 24.9 Å². The van der Waals surface area contributed by atoms with E-state index in [2.05, 4.69) is 9.97 Å². The van der Waals surface area contributed by atoms with Crippen molar-refractivity contribution in [2.75, 3.05) is 14.2 Å². The first kappa shape index (κ1) is 24.5. The Labute approximate surface area is 195 Å². The largest absolute Gasteiger partial charge is 0.481 e. The monoisotopic (exact) mass is 495 g/mol. The van der Waals surface area contributed by atoms with Crippen molar-refractivity contribution in [2.45, 2.75) is 25.5 Å². The number of hydrogen-bond donors (Lipinski definition) is 0. The van der Waals surface area contributed by atoms with Crippen molar-refractivity contribution in [3.05, 3.63) is 77.2 Å². The number of benzene rings is 2. The number of pyridine rings is 1. The Hall–Kier alpha value is -3.60. The number of fused-ring (bicyclic) bond motifs is 1. The number of rotatable bonds is 6. The highest BCUT2D eigenvalue weighted by Gasteiger charge is 2.37. The first-order valence-corrected chi connectivity index (χ1v) is 10.3. The minimum Gasteiger partial charge on any atom is -0.481 e. The lowest BCUT2D eigenvalue weighted by atomic mass is 10.0. The fourth-order valence-corrected chi connectivity index (χ4v) is 3.79. The molecule has 2 aromatic carbocycles. The molecule has 0 aliphatic heterocycles. The van der Waals surface area contributed by atoms with Crippen LogP contribution in [0.1, 0.15) is 22.5 Å². The van der Waals surface area contributed by atoms with Crippen LogP contribution in [0.2, 0.25) is 0 Å². The van der Waals surface area contributed by atoms with Crippen LogP contribution in [-0.2, 0) is 30.2 Å². The zero-order valence-electron chi connectivity index (χ0n) is 18.5. The number of methoxy groups -OCH3 is 2. The highest BCUT2D eigenvalue weighted by atomic mass is 19.4. The smallest absolute Gasteiger partial charge is 0.416 e. The summed E-state index contributed by atoms with van der Waals surface area (Å²) in [5.41, 5.74) is -0.532. The Balaban J connectivity index is 1.87. The van der Waals surface area contributed by atoms with Gasteiger partial charge in [-0.05, 0) is 47.5 Å². The van der Waals surface area contributed by atoms with Gasteiger partial charge in [0.25, 0.3) is 0 Å². The van der Waals surface area contributed by atoms with Gasteiger partial charge in [-0.15, -0.1) is 0 Å². The van der Waals surface area contributed by atoms with Gasteiger partial charge < -0.3 is 14.0 Å². The molecule has 35 heavy (non-hydrogen) atoms. The first-order chi connectivity index (χ1) is 16.5. The van der Waals surface area contributed by atoms with Crippen molar-refractivity contribution >= 4 is 11.0 Å². The highest BCUT2D eigenvalue weighted by Crippen LogP contribution is 2.37. The summed E-state index contributed by atoms with van der Waals surface area (Å²) >= 11 is 0. The molecule has 5 nitrogen and oxygen atoms in total. The normalized spacial score (nSPS) is 12.3. The number of nitrogens with zero attached hydrogens (tertiary/aromatic N) is 3. The van der Waals surface area contributed by atoms with Crippen LogP contribution in [0.15, 0.2) is 54.7 Å². The molecule has 0 spiro atoms. The number of ether oxygens (including phenoxy) is 2. The third kappa shape index (κ3) is 5.09. The van der Waals surface area contributed by atoms with Gasteiger partial charge in [-0.25, -0.2) is 9.97 Å². The third-order valence-corrected chi connectivity index (χ3v) is 5.45. The lowest BCUT2D eigenvalue weighted by Crippen LogP contribution is -2.16. The predicted octanol–water partition coefficient (Wildman–Crippen LogP) is 6.34. The summed E-state index contributed by atoms with van der Waals surface area (Å²) in [6, 6.07) is 10.00. The van der Waals surface area contributed by atoms with Crippen LogP contribution in [0.3, 0.4) is 0 Å². The van der Waals surface area contributed by atoms with Crippen LogP contribution >= 0.6 is 0 Å². The van der Waals surface area contributed by atoms with Crippen LogP contribution in [0, 0.1) is 0 Å². The summed E-state index contributed by atoms with van der Waals surface area (Å²) in [4.78, 5) is 8.58. The van der Waals surface area contributed by atoms with Gasteiger partial charge in [-0.2, -0.15) is 26.3 Å². The molecule has 0 saturated heterocycles. The van der Waals surface area contributed by atoms with Crippen molar-refractivity contribution in [1.29, 1.82) is 0 Å². The Morgan fingerprint density at radius 3 is 2.20 bits per heavy atom. The molecule has 0 amide bonds. The zero-order chi connectivity index (χ0) is 25.4. The molecular weight excluding hydrogens is 476 g/mol. The Kier molecular flexibility index (Phi) is 6.46. The maximum atomic E-state index is 13.7. The maximum Gasteiger partial charge on any atom is 0.416 e. The maximum absolute atomic E-state index is 13.7. The topological polar surface area (TPSA) is 49.2 Å². The van der Waals surface area contributed by atoms with E-state index in [9.17, 15) is 26.3 Å². The molecule has 2 heterocycles. The van der Waals surface area contributed by atoms with Gasteiger partial charge in [-0.1, -0.05) is 6.07 Å². The van der Waals surface area contributed by atoms with E-state index < -0.39 is 35.6 Å². The van der Waals surface area contributed by atoms with Gasteiger partial charge in [-0.3, -0.25) is 0 Å². The van der Waals surface area contributed by atoms with E-state index in [0.29, 0.717) is 46.2 Å². The molecule has 0 aliphatic rings. The van der Waals surface area contributed by atoms with Crippen LogP contribution in [0.25, 0.3) is 22.2 Å². The summed E-state index contributed by atoms with van der Waals surface area (Å²) in [7, 11) is 2.87. The SMILES string of the molecule is COCc1nc2ccc(-c3ccc(OC)nc3)cc2n1Cc1cc(C(F)(F)F)ccc1C(F)(F)F. The summed E-state index contributed by atoms with van der Waals surface area (Å²) in [5.74, 6) is 0.685. The van der Waals surface area contributed by atoms with E-state index in [1.165, 1.54) is 18.8 Å². The van der Waals surface area contributed by atoms with Crippen LogP contribution in [0.4, 0.5) is 26.3 Å². The Morgan fingerprint density at radius 1 is 0.857 bits per heavy atom. The molecule has 0 unspecified atom stereocenters. The van der Waals surface area contributed by atoms with E-state index in [1.807, 2.05) is 0 Å². The first-order valence-electron chi connectivity index (χ1n) is 10.3. The van der Waals surface area contributed by atoms with Gasteiger partial charge in [0.1, 0.15) is 12.4 Å². The van der Waals surface area contributed by atoms with Gasteiger partial charge >= 0.3 is 12.4 Å². The number of imidazole rings is 1. The van der Waals surface area contributed by atoms with Crippen LogP contribution in [0.5, 0.6) is 5.88 Å². The molecule has 0 bridgehead atoms. The number of aromatic nitrogens is 3. The van der Waals surface area contributed by atoms with Crippen molar-refractivity contribution in [2.24, 2.45) is 0 Å². The molecular formula is C24H19F6N3O2. The molecule has 0 aliphatic carbocycles. The molecule has 0 radical (unpaired) electrons. The minimum atomic E-state index is -4.84. The Morgan fingerprint density at radius 2 is 1.60 bits per heavy atom. The van der Waals surface area contributed by atoms with E-state index in [0.717, 1.165) is 0 Å². The van der Waals surface area contributed by atoms with Crippen molar-refractivity contribution in [1.82, 2.24) is 14.5 Å². The number of alkyl halides is 6. The molecule has 0 fully saturated rings. The second-order valence-corrected chi connectivity index (χ2v) is 7.71. The summed E-state index contributed by atoms with van der Waals surface area (Å²) in [6.45, 7) is -0.535. The Bertz CT molecular complexity index is 1340. The second kappa shape index (κ2) is 9.21. The van der Waals surface area contributed by atoms with E-state index in [1.54, 1.807) is 36.5 Å². The summed E-state index contributed by atoms with van der Waals surface area (Å²) < 4.78 is 92.5. The predicted molar refractivity (Wildman–Crippen MR) is 116 cm³/mol. The standard InChI is InChI=1S/C24H19F6N3O2/c1-34-13-21-32-19-7-3-14(15-4-8-22(35-2)31-11-15)10-20(19)33(21)12-16-9-17(23(25,26)27)5-6-18(16)24(28,29)30/h3-11H,12-13H2,1-2H3. The highest BCUT2D eigenvalue weighted by molar-refractivity contribution is 5.82. The van der Waals surface area contributed by atoms with Crippen molar-refractivity contribution < 1.29 is 35.8 Å². The van der Waals surface area contributed by atoms with Crippen molar-refractivity contribution in [3.8, 4) is 17.0 Å². The van der Waals surface area contributed by atoms with E-state index in [-0.39, 0.29) is 12.4 Å². The second-order valence-electron chi connectivity index (χ2n) is 7.71. The van der Waals surface area contributed by atoms with Crippen LogP contribution in [-0.4, -0.2) is 28.8 Å². The van der Waals surface area contributed by atoms with Gasteiger partial charge in [0.2, 0.25) is 5.88 Å². The summed E-state index contributed by atoms with van der Waals surface area (Å²) in [6.07, 6.45) is -8.05. The van der Waals surface area contributed by atoms with Crippen LogP contribution < -0.4 is 4.74 Å². The molecule has 11 heteroatoms. The molecule has 2 aromatic heterocycles. The van der Waals surface area contributed by atoms with E-state index >= 15 is 0 Å². The summed E-state index contributed by atoms with van der Waals surface area (Å²) in [5, 5.41) is 0. The molecule has 4 aromatic rings. The van der Waals surface area contributed by atoms with Gasteiger partial charge in [0.15, 0.2) is 0 Å². The molecule has 0 saturated carbocycles. The fourth-order valence-electron chi connectivity index (χ4n) is 3.79. The lowest BCUT2D eigenvalue weighted by Gasteiger charge is -2.18. The van der Waals surface area contributed by atoms with Crippen molar-refractivity contribution in [3.63, 3.8) is 0 Å².